The summed E-state index contributed by atoms with van der Waals surface area (Å²) in [6.45, 7) is 6.26. The third-order valence-electron chi connectivity index (χ3n) is 4.20. The van der Waals surface area contributed by atoms with Gasteiger partial charge in [-0.2, -0.15) is 0 Å². The molecule has 0 radical (unpaired) electrons. The number of hydrogen-bond donors (Lipinski definition) is 1. The van der Waals surface area contributed by atoms with Crippen LogP contribution < -0.4 is 5.32 Å². The largest absolute Gasteiger partial charge is 0.366 e. The fourth-order valence-electron chi connectivity index (χ4n) is 2.96. The Morgan fingerprint density at radius 3 is 2.74 bits per heavy atom. The molecule has 0 aliphatic heterocycles. The number of aldehydes is 1. The lowest BCUT2D eigenvalue weighted by Crippen LogP contribution is -2.26. The van der Waals surface area contributed by atoms with E-state index in [0.717, 1.165) is 18.6 Å². The number of nitrogens with zero attached hydrogens (tertiary/aromatic N) is 2. The molecule has 1 aliphatic rings. The van der Waals surface area contributed by atoms with Gasteiger partial charge in [-0.25, -0.2) is 9.97 Å². The molecular formula is C14H20ClN3O. The van der Waals surface area contributed by atoms with Crippen molar-refractivity contribution in [1.29, 1.82) is 0 Å². The number of carbonyl (C=O) groups is 1. The Kier molecular flexibility index (Phi) is 4.40. The summed E-state index contributed by atoms with van der Waals surface area (Å²) in [7, 11) is 0. The average molecular weight is 282 g/mol. The fraction of sp³-hybridized carbons (Fsp3) is 0.643. The number of aromatic nitrogens is 2. The Balaban J connectivity index is 2.22. The zero-order valence-electron chi connectivity index (χ0n) is 11.6. The molecule has 1 aromatic rings. The molecule has 104 valence electrons. The predicted octanol–water partition coefficient (Wildman–Crippen LogP) is 3.49. The van der Waals surface area contributed by atoms with Crippen LogP contribution in [-0.2, 0) is 0 Å². The first kappa shape index (κ1) is 14.3. The van der Waals surface area contributed by atoms with E-state index in [1.165, 1.54) is 12.8 Å². The molecule has 0 aromatic carbocycles. The van der Waals surface area contributed by atoms with E-state index in [9.17, 15) is 4.79 Å². The lowest BCUT2D eigenvalue weighted by atomic mass is 9.93. The first-order valence-electron chi connectivity index (χ1n) is 6.82. The Morgan fingerprint density at radius 1 is 1.42 bits per heavy atom. The number of anilines is 1. The molecule has 1 aliphatic carbocycles. The number of aryl methyl sites for hydroxylation is 1. The lowest BCUT2D eigenvalue weighted by Gasteiger charge is -2.22. The van der Waals surface area contributed by atoms with E-state index in [1.807, 2.05) is 0 Å². The molecule has 0 spiro atoms. The molecule has 1 N–H and O–H groups in total. The van der Waals surface area contributed by atoms with Gasteiger partial charge >= 0.3 is 0 Å². The summed E-state index contributed by atoms with van der Waals surface area (Å²) in [4.78, 5) is 19.5. The summed E-state index contributed by atoms with van der Waals surface area (Å²) < 4.78 is 0. The highest BCUT2D eigenvalue weighted by Crippen LogP contribution is 2.36. The van der Waals surface area contributed by atoms with Crippen molar-refractivity contribution < 1.29 is 4.79 Å². The van der Waals surface area contributed by atoms with Gasteiger partial charge in [0, 0.05) is 6.04 Å². The fourth-order valence-corrected chi connectivity index (χ4v) is 3.22. The normalized spacial score (nSPS) is 26.4. The van der Waals surface area contributed by atoms with E-state index in [0.29, 0.717) is 29.2 Å². The molecule has 0 bridgehead atoms. The van der Waals surface area contributed by atoms with Gasteiger partial charge in [0.25, 0.3) is 0 Å². The van der Waals surface area contributed by atoms with Gasteiger partial charge in [0.1, 0.15) is 16.8 Å². The Bertz CT molecular complexity index is 478. The third-order valence-corrected chi connectivity index (χ3v) is 4.49. The maximum Gasteiger partial charge on any atom is 0.156 e. The highest BCUT2D eigenvalue weighted by atomic mass is 35.5. The second-order valence-corrected chi connectivity index (χ2v) is 5.66. The second kappa shape index (κ2) is 5.87. The number of hydrogen-bond acceptors (Lipinski definition) is 4. The van der Waals surface area contributed by atoms with Gasteiger partial charge in [0.05, 0.1) is 5.56 Å². The lowest BCUT2D eigenvalue weighted by molar-refractivity contribution is 0.112. The summed E-state index contributed by atoms with van der Waals surface area (Å²) in [6.07, 6.45) is 4.26. The minimum atomic E-state index is 0.225. The van der Waals surface area contributed by atoms with Crippen molar-refractivity contribution in [3.05, 3.63) is 16.5 Å². The molecule has 1 aromatic heterocycles. The number of carbonyl (C=O) groups excluding carboxylic acids is 1. The first-order chi connectivity index (χ1) is 9.06. The van der Waals surface area contributed by atoms with Gasteiger partial charge in [-0.3, -0.25) is 4.79 Å². The maximum atomic E-state index is 11.1. The molecule has 1 saturated carbocycles. The van der Waals surface area contributed by atoms with Crippen molar-refractivity contribution in [2.24, 2.45) is 11.8 Å². The second-order valence-electron chi connectivity index (χ2n) is 5.30. The summed E-state index contributed by atoms with van der Waals surface area (Å²) in [5.41, 5.74) is 0.361. The van der Waals surface area contributed by atoms with Crippen LogP contribution in [0.3, 0.4) is 0 Å². The van der Waals surface area contributed by atoms with Crippen LogP contribution >= 0.6 is 11.6 Å². The van der Waals surface area contributed by atoms with Crippen LogP contribution in [-0.4, -0.2) is 22.3 Å². The van der Waals surface area contributed by atoms with Crippen molar-refractivity contribution >= 4 is 23.7 Å². The van der Waals surface area contributed by atoms with E-state index in [4.69, 9.17) is 11.6 Å². The zero-order valence-corrected chi connectivity index (χ0v) is 12.4. The molecule has 1 heterocycles. The topological polar surface area (TPSA) is 54.9 Å². The minimum Gasteiger partial charge on any atom is -0.366 e. The van der Waals surface area contributed by atoms with Crippen LogP contribution in [0.15, 0.2) is 0 Å². The van der Waals surface area contributed by atoms with Crippen LogP contribution in [0, 0.1) is 18.8 Å². The van der Waals surface area contributed by atoms with Crippen LogP contribution in [0.1, 0.15) is 49.3 Å². The zero-order chi connectivity index (χ0) is 14.0. The van der Waals surface area contributed by atoms with E-state index in [-0.39, 0.29) is 5.15 Å². The molecule has 0 saturated heterocycles. The Labute approximate surface area is 119 Å². The predicted molar refractivity (Wildman–Crippen MR) is 76.8 cm³/mol. The Morgan fingerprint density at radius 2 is 2.16 bits per heavy atom. The molecule has 1 fully saturated rings. The molecule has 5 heteroatoms. The quantitative estimate of drug-likeness (QED) is 0.678. The van der Waals surface area contributed by atoms with Crippen molar-refractivity contribution in [2.75, 3.05) is 5.32 Å². The molecule has 2 rings (SSSR count). The molecule has 0 amide bonds. The van der Waals surface area contributed by atoms with E-state index in [2.05, 4.69) is 29.1 Å². The standard InChI is InChI=1S/C14H20ClN3O/c1-4-10-5-6-12(8(10)2)18-14-11(7-19)13(15)16-9(3)17-14/h7-8,10,12H,4-6H2,1-3H3,(H,16,17,18). The third kappa shape index (κ3) is 2.89. The minimum absolute atomic E-state index is 0.225. The highest BCUT2D eigenvalue weighted by Gasteiger charge is 2.32. The van der Waals surface area contributed by atoms with E-state index >= 15 is 0 Å². The summed E-state index contributed by atoms with van der Waals surface area (Å²) in [6, 6.07) is 0.356. The van der Waals surface area contributed by atoms with Crippen molar-refractivity contribution in [3.8, 4) is 0 Å². The molecular weight excluding hydrogens is 262 g/mol. The number of halogens is 1. The smallest absolute Gasteiger partial charge is 0.156 e. The molecule has 3 unspecified atom stereocenters. The summed E-state index contributed by atoms with van der Waals surface area (Å²) in [5, 5.41) is 3.61. The molecule has 19 heavy (non-hydrogen) atoms. The van der Waals surface area contributed by atoms with Crippen LogP contribution in [0.5, 0.6) is 0 Å². The number of nitrogens with one attached hydrogen (secondary N) is 1. The molecule has 3 atom stereocenters. The number of rotatable bonds is 4. The van der Waals surface area contributed by atoms with Crippen molar-refractivity contribution in [2.45, 2.75) is 46.1 Å². The Hall–Kier alpha value is -1.16. The van der Waals surface area contributed by atoms with E-state index in [1.54, 1.807) is 6.92 Å². The van der Waals surface area contributed by atoms with Crippen LogP contribution in [0.4, 0.5) is 5.82 Å². The van der Waals surface area contributed by atoms with Gasteiger partial charge in [0.2, 0.25) is 0 Å². The van der Waals surface area contributed by atoms with Gasteiger partial charge in [-0.15, -0.1) is 0 Å². The van der Waals surface area contributed by atoms with Gasteiger partial charge in [-0.05, 0) is 31.6 Å². The van der Waals surface area contributed by atoms with Gasteiger partial charge in [0.15, 0.2) is 6.29 Å². The average Bonchev–Trinajstić information content (AvgIpc) is 2.70. The first-order valence-corrected chi connectivity index (χ1v) is 7.20. The highest BCUT2D eigenvalue weighted by molar-refractivity contribution is 6.32. The monoisotopic (exact) mass is 281 g/mol. The summed E-state index contributed by atoms with van der Waals surface area (Å²) in [5.74, 6) is 2.48. The summed E-state index contributed by atoms with van der Waals surface area (Å²) >= 11 is 5.99. The molecule has 4 nitrogen and oxygen atoms in total. The SMILES string of the molecule is CCC1CCC(Nc2nc(C)nc(Cl)c2C=O)C1C. The van der Waals surface area contributed by atoms with Crippen LogP contribution in [0.25, 0.3) is 0 Å². The van der Waals surface area contributed by atoms with E-state index < -0.39 is 0 Å². The van der Waals surface area contributed by atoms with Crippen molar-refractivity contribution in [1.82, 2.24) is 9.97 Å². The van der Waals surface area contributed by atoms with Crippen LogP contribution in [0.2, 0.25) is 5.15 Å². The van der Waals surface area contributed by atoms with Gasteiger partial charge < -0.3 is 5.32 Å². The maximum absolute atomic E-state index is 11.1. The van der Waals surface area contributed by atoms with Crippen molar-refractivity contribution in [3.63, 3.8) is 0 Å². The van der Waals surface area contributed by atoms with Gasteiger partial charge in [-0.1, -0.05) is 31.9 Å².